The van der Waals surface area contributed by atoms with Crippen LogP contribution < -0.4 is 5.73 Å². The van der Waals surface area contributed by atoms with Crippen molar-refractivity contribution >= 4 is 13.3 Å². The lowest BCUT2D eigenvalue weighted by atomic mass is 9.83. The summed E-state index contributed by atoms with van der Waals surface area (Å²) in [5, 5.41) is 17.5. The molecule has 1 heterocycles. The minimum absolute atomic E-state index is 0.222. The zero-order valence-electron chi connectivity index (χ0n) is 13.4. The Labute approximate surface area is 133 Å². The van der Waals surface area contributed by atoms with Crippen LogP contribution in [0.15, 0.2) is 0 Å². The predicted molar refractivity (Wildman–Crippen MR) is 82.9 cm³/mol. The molecule has 0 aromatic heterocycles. The van der Waals surface area contributed by atoms with E-state index in [4.69, 9.17) is 30.1 Å². The molecule has 1 aliphatic heterocycles. The Bertz CT molecular complexity index is 301. The van der Waals surface area contributed by atoms with Crippen molar-refractivity contribution < 1.29 is 24.4 Å². The molecule has 1 aliphatic rings. The van der Waals surface area contributed by atoms with E-state index >= 15 is 0 Å². The van der Waals surface area contributed by atoms with Crippen molar-refractivity contribution in [2.45, 2.75) is 56.9 Å². The van der Waals surface area contributed by atoms with E-state index < -0.39 is 7.12 Å². The van der Waals surface area contributed by atoms with Crippen molar-refractivity contribution in [2.75, 3.05) is 26.8 Å². The van der Waals surface area contributed by atoms with Crippen LogP contribution in [-0.2, 0) is 14.3 Å². The van der Waals surface area contributed by atoms with Gasteiger partial charge >= 0.3 is 13.3 Å². The Morgan fingerprint density at radius 3 is 2.64 bits per heavy atom. The van der Waals surface area contributed by atoms with Gasteiger partial charge in [-0.2, -0.15) is 9.59 Å². The summed E-state index contributed by atoms with van der Waals surface area (Å²) >= 11 is 0. The highest BCUT2D eigenvalue weighted by atomic mass is 16.5. The van der Waals surface area contributed by atoms with E-state index in [1.165, 1.54) is 12.8 Å². The molecule has 0 aromatic carbocycles. The second-order valence-electron chi connectivity index (χ2n) is 5.68. The number of ether oxygens (including phenoxy) is 1. The number of nitrogens with zero attached hydrogens (tertiary/aromatic N) is 1. The van der Waals surface area contributed by atoms with Gasteiger partial charge in [0.05, 0.1) is 6.61 Å². The first-order valence-corrected chi connectivity index (χ1v) is 7.89. The molecule has 0 bridgehead atoms. The van der Waals surface area contributed by atoms with E-state index in [2.05, 4.69) is 4.90 Å². The van der Waals surface area contributed by atoms with Crippen molar-refractivity contribution in [1.82, 2.24) is 4.90 Å². The molecular formula is C14H29BN2O5. The highest BCUT2D eigenvalue weighted by molar-refractivity contribution is 6.40. The summed E-state index contributed by atoms with van der Waals surface area (Å²) < 4.78 is 5.24. The van der Waals surface area contributed by atoms with Crippen LogP contribution in [0.3, 0.4) is 0 Å². The third-order valence-electron chi connectivity index (χ3n) is 3.93. The van der Waals surface area contributed by atoms with Gasteiger partial charge in [0.15, 0.2) is 0 Å². The third kappa shape index (κ3) is 10.9. The van der Waals surface area contributed by atoms with Crippen LogP contribution in [0.5, 0.6) is 0 Å². The van der Waals surface area contributed by atoms with Crippen LogP contribution in [0.4, 0.5) is 0 Å². The summed E-state index contributed by atoms with van der Waals surface area (Å²) in [6, 6.07) is 0.793. The third-order valence-corrected chi connectivity index (χ3v) is 3.93. The van der Waals surface area contributed by atoms with Crippen LogP contribution in [0, 0.1) is 0 Å². The monoisotopic (exact) mass is 316 g/mol. The fourth-order valence-electron chi connectivity index (χ4n) is 2.78. The minimum atomic E-state index is -1.17. The molecule has 2 atom stereocenters. The van der Waals surface area contributed by atoms with E-state index in [9.17, 15) is 0 Å². The molecule has 1 saturated heterocycles. The molecule has 0 radical (unpaired) electrons. The lowest BCUT2D eigenvalue weighted by Crippen LogP contribution is -2.36. The molecule has 4 N–H and O–H groups in total. The normalized spacial score (nSPS) is 19.2. The van der Waals surface area contributed by atoms with Gasteiger partial charge < -0.3 is 20.5 Å². The average molecular weight is 316 g/mol. The maximum atomic E-state index is 8.75. The van der Waals surface area contributed by atoms with Crippen molar-refractivity contribution in [2.24, 2.45) is 5.73 Å². The standard InChI is InChI=1S/C13H29BN2O3.CO2/c1-19-11-13-6-4-9-16(13)10-7-12(15)5-2-3-8-14(17)18;2-1-3/h12-13,17-18H,2-11,15H2,1H3;/t12-,13-;/m1./s1. The van der Waals surface area contributed by atoms with Crippen LogP contribution in [-0.4, -0.2) is 67.1 Å². The Kier molecular flexibility index (Phi) is 13.4. The summed E-state index contributed by atoms with van der Waals surface area (Å²) in [6.45, 7) is 3.04. The SMILES string of the molecule is COC[C@H]1CCCN1CC[C@H](N)CCCCB(O)O.O=C=O. The van der Waals surface area contributed by atoms with Crippen LogP contribution in [0.2, 0.25) is 6.32 Å². The summed E-state index contributed by atoms with van der Waals surface area (Å²) in [5.41, 5.74) is 6.11. The summed E-state index contributed by atoms with van der Waals surface area (Å²) in [7, 11) is 0.591. The van der Waals surface area contributed by atoms with Crippen molar-refractivity contribution in [3.63, 3.8) is 0 Å². The van der Waals surface area contributed by atoms with Crippen molar-refractivity contribution in [1.29, 1.82) is 0 Å². The number of rotatable bonds is 10. The van der Waals surface area contributed by atoms with E-state index in [1.807, 2.05) is 0 Å². The largest absolute Gasteiger partial charge is 0.451 e. The minimum Gasteiger partial charge on any atom is -0.427 e. The predicted octanol–water partition coefficient (Wildman–Crippen LogP) is -0.126. The number of carbonyl (C=O) groups excluding carboxylic acids is 2. The second-order valence-corrected chi connectivity index (χ2v) is 5.68. The Balaban J connectivity index is 0.00000135. The zero-order valence-corrected chi connectivity index (χ0v) is 13.4. The van der Waals surface area contributed by atoms with Crippen molar-refractivity contribution in [3.05, 3.63) is 0 Å². The molecule has 0 unspecified atom stereocenters. The summed E-state index contributed by atoms with van der Waals surface area (Å²) in [4.78, 5) is 18.7. The van der Waals surface area contributed by atoms with E-state index in [0.29, 0.717) is 12.4 Å². The zero-order chi connectivity index (χ0) is 16.8. The first-order valence-electron chi connectivity index (χ1n) is 7.89. The number of hydrogen-bond acceptors (Lipinski definition) is 7. The lowest BCUT2D eigenvalue weighted by Gasteiger charge is -2.25. The quantitative estimate of drug-likeness (QED) is 0.380. The highest BCUT2D eigenvalue weighted by Gasteiger charge is 2.24. The van der Waals surface area contributed by atoms with Gasteiger partial charge in [0.25, 0.3) is 0 Å². The number of likely N-dealkylation sites (tertiary alicyclic amines) is 1. The van der Waals surface area contributed by atoms with Crippen LogP contribution in [0.1, 0.15) is 38.5 Å². The first kappa shape index (κ1) is 21.2. The summed E-state index contributed by atoms with van der Waals surface area (Å²) in [5.74, 6) is 0. The second kappa shape index (κ2) is 13.9. The molecule has 128 valence electrons. The lowest BCUT2D eigenvalue weighted by molar-refractivity contribution is -0.191. The first-order chi connectivity index (χ1) is 10.5. The van der Waals surface area contributed by atoms with Gasteiger partial charge in [-0.05, 0) is 45.1 Å². The molecule has 0 aromatic rings. The maximum Gasteiger partial charge on any atom is 0.451 e. The molecule has 0 aliphatic carbocycles. The van der Waals surface area contributed by atoms with Gasteiger partial charge in [-0.15, -0.1) is 0 Å². The molecule has 8 heteroatoms. The molecule has 1 rings (SSSR count). The van der Waals surface area contributed by atoms with E-state index in [1.54, 1.807) is 7.11 Å². The van der Waals surface area contributed by atoms with Gasteiger partial charge in [0, 0.05) is 19.2 Å². The molecule has 1 fully saturated rings. The smallest absolute Gasteiger partial charge is 0.427 e. The average Bonchev–Trinajstić information content (AvgIpc) is 2.90. The Morgan fingerprint density at radius 2 is 2.05 bits per heavy atom. The molecular weight excluding hydrogens is 287 g/mol. The van der Waals surface area contributed by atoms with Gasteiger partial charge in [-0.1, -0.05) is 12.8 Å². The van der Waals surface area contributed by atoms with Gasteiger partial charge in [0.1, 0.15) is 0 Å². The fourth-order valence-corrected chi connectivity index (χ4v) is 2.78. The molecule has 0 amide bonds. The van der Waals surface area contributed by atoms with E-state index in [-0.39, 0.29) is 12.2 Å². The highest BCUT2D eigenvalue weighted by Crippen LogP contribution is 2.18. The fraction of sp³-hybridized carbons (Fsp3) is 0.929. The topological polar surface area (TPSA) is 113 Å². The molecule has 0 spiro atoms. The van der Waals surface area contributed by atoms with Crippen LogP contribution >= 0.6 is 0 Å². The number of methoxy groups -OCH3 is 1. The maximum absolute atomic E-state index is 8.75. The Hall–Kier alpha value is -0.755. The molecule has 0 saturated carbocycles. The number of hydrogen-bond donors (Lipinski definition) is 3. The number of unbranched alkanes of at least 4 members (excludes halogenated alkanes) is 1. The van der Waals surface area contributed by atoms with Crippen LogP contribution in [0.25, 0.3) is 0 Å². The molecule has 7 nitrogen and oxygen atoms in total. The van der Waals surface area contributed by atoms with Gasteiger partial charge in [-0.3, -0.25) is 4.90 Å². The Morgan fingerprint density at radius 1 is 1.36 bits per heavy atom. The van der Waals surface area contributed by atoms with Gasteiger partial charge in [-0.25, -0.2) is 0 Å². The summed E-state index contributed by atoms with van der Waals surface area (Å²) in [6.07, 6.45) is 6.99. The van der Waals surface area contributed by atoms with Crippen molar-refractivity contribution in [3.8, 4) is 0 Å². The number of nitrogens with two attached hydrogens (primary N) is 1. The van der Waals surface area contributed by atoms with Gasteiger partial charge in [0.2, 0.25) is 0 Å². The van der Waals surface area contributed by atoms with E-state index in [0.717, 1.165) is 45.4 Å². The molecule has 22 heavy (non-hydrogen) atoms.